The molecule has 0 radical (unpaired) electrons. The van der Waals surface area contributed by atoms with E-state index in [1.165, 1.54) is 73.7 Å². The third-order valence-electron chi connectivity index (χ3n) is 15.5. The Morgan fingerprint density at radius 1 is 0.397 bits per heavy atom. The van der Waals surface area contributed by atoms with E-state index >= 15 is 0 Å². The van der Waals surface area contributed by atoms with Crippen LogP contribution in [0.25, 0.3) is 49.9 Å². The third kappa shape index (κ3) is 7.18. The predicted molar refractivity (Wildman–Crippen MR) is 312 cm³/mol. The number of rotatable bonds is 11. The summed E-state index contributed by atoms with van der Waals surface area (Å²) in [6, 6.07) is 99.8. The second kappa shape index (κ2) is 18.5. The molecular weight excluding hydrogens is 917 g/mol. The van der Waals surface area contributed by atoms with Gasteiger partial charge in [-0.2, -0.15) is 0 Å². The van der Waals surface area contributed by atoms with Crippen LogP contribution in [-0.4, -0.2) is 32.8 Å². The highest BCUT2D eigenvalue weighted by atomic mass is 28.3. The number of hydrogen-bond acceptors (Lipinski definition) is 2. The summed E-state index contributed by atoms with van der Waals surface area (Å²) < 4.78 is 8.29. The molecule has 0 amide bonds. The lowest BCUT2D eigenvalue weighted by Gasteiger charge is -2.35. The van der Waals surface area contributed by atoms with Gasteiger partial charge in [0.15, 0.2) is 16.1 Å². The first-order valence-electron chi connectivity index (χ1n) is 25.4. The second-order valence-corrected chi connectivity index (χ2v) is 26.8. The van der Waals surface area contributed by atoms with Crippen LogP contribution in [0.5, 0.6) is 5.75 Å². The SMILES string of the molecule is COc1ccc(-n2c(C3=c4ccccc4=CCC3)nc3c4cc([Si](c5ccccc5)(c5ccccc5)c5ccccc5)ccc4c4ccc([Si](c5ccccc5)(c5ccccc5)c5ccccc5)cc4c32)cc1. The molecule has 0 spiro atoms. The molecule has 5 heteroatoms. The topological polar surface area (TPSA) is 27.1 Å². The normalized spacial score (nSPS) is 12.7. The lowest BCUT2D eigenvalue weighted by atomic mass is 9.98. The van der Waals surface area contributed by atoms with Gasteiger partial charge in [0.1, 0.15) is 11.6 Å². The molecule has 11 aromatic carbocycles. The monoisotopic (exact) mass is 968 g/mol. The molecular formula is C68H52N2OSi2. The van der Waals surface area contributed by atoms with Gasteiger partial charge < -0.3 is 4.74 Å². The first-order chi connectivity index (χ1) is 36.2. The largest absolute Gasteiger partial charge is 0.497 e. The predicted octanol–water partition coefficient (Wildman–Crippen LogP) is 8.87. The fraction of sp³-hybridized carbons (Fsp3) is 0.0441. The van der Waals surface area contributed by atoms with Crippen molar-refractivity contribution in [2.24, 2.45) is 0 Å². The zero-order valence-corrected chi connectivity index (χ0v) is 42.7. The average Bonchev–Trinajstić information content (AvgIpc) is 3.88. The first kappa shape index (κ1) is 44.3. The lowest BCUT2D eigenvalue weighted by molar-refractivity contribution is 0.415. The Balaban J connectivity index is 1.23. The number of fused-ring (bicyclic) bond motifs is 7. The highest BCUT2D eigenvalue weighted by molar-refractivity contribution is 7.20. The molecule has 3 nitrogen and oxygen atoms in total. The van der Waals surface area contributed by atoms with Crippen LogP contribution in [0.2, 0.25) is 0 Å². The van der Waals surface area contributed by atoms with E-state index in [2.05, 4.69) is 278 Å². The number of methoxy groups -OCH3 is 1. The van der Waals surface area contributed by atoms with Crippen LogP contribution in [-0.2, 0) is 0 Å². The summed E-state index contributed by atoms with van der Waals surface area (Å²) in [6.45, 7) is 0. The number of nitrogens with zero attached hydrogens (tertiary/aromatic N) is 2. The van der Waals surface area contributed by atoms with Crippen molar-refractivity contribution in [2.75, 3.05) is 7.11 Å². The van der Waals surface area contributed by atoms with Gasteiger partial charge in [0, 0.05) is 22.0 Å². The van der Waals surface area contributed by atoms with Crippen LogP contribution < -0.4 is 56.7 Å². The molecule has 0 saturated carbocycles. The van der Waals surface area contributed by atoms with Gasteiger partial charge in [-0.25, -0.2) is 4.98 Å². The van der Waals surface area contributed by atoms with E-state index in [9.17, 15) is 0 Å². The van der Waals surface area contributed by atoms with Gasteiger partial charge in [0.2, 0.25) is 0 Å². The standard InChI is InChI=1S/C68H52N2OSi2/c1-71-51-41-39-50(40-42-51)70-67-65-48-59(73(55-31-14-5-15-32-55,56-33-16-6-17-34-56)57-35-18-7-19-36-57)44-46-62(65)61-45-43-58(47-64(61)66(67)69-68(70)63-38-22-24-49-23-20-21-37-60(49)63)72(52-25-8-2-9-26-52,53-27-10-3-11-28-53)54-29-12-4-13-30-54/h2-21,23-37,39-48H,22,38H2,1H3. The van der Waals surface area contributed by atoms with Crippen molar-refractivity contribution in [3.05, 3.63) is 283 Å². The maximum Gasteiger partial charge on any atom is 0.179 e. The summed E-state index contributed by atoms with van der Waals surface area (Å²) in [7, 11) is -4.14. The van der Waals surface area contributed by atoms with Gasteiger partial charge in [-0.05, 0) is 99.8 Å². The van der Waals surface area contributed by atoms with E-state index in [4.69, 9.17) is 9.72 Å². The maximum absolute atomic E-state index is 6.05. The molecule has 13 rings (SSSR count). The highest BCUT2D eigenvalue weighted by Gasteiger charge is 2.43. The Hall–Kier alpha value is -8.62. The smallest absolute Gasteiger partial charge is 0.179 e. The number of ether oxygens (including phenoxy) is 1. The minimum Gasteiger partial charge on any atom is -0.497 e. The van der Waals surface area contributed by atoms with Crippen molar-refractivity contribution in [1.82, 2.24) is 9.55 Å². The van der Waals surface area contributed by atoms with Gasteiger partial charge >= 0.3 is 0 Å². The number of imidazole rings is 1. The van der Waals surface area contributed by atoms with Gasteiger partial charge in [-0.1, -0.05) is 249 Å². The van der Waals surface area contributed by atoms with Gasteiger partial charge in [0.25, 0.3) is 0 Å². The molecule has 0 saturated heterocycles. The van der Waals surface area contributed by atoms with E-state index in [1.54, 1.807) is 7.11 Å². The van der Waals surface area contributed by atoms with Gasteiger partial charge in [-0.3, -0.25) is 4.57 Å². The highest BCUT2D eigenvalue weighted by Crippen LogP contribution is 2.39. The van der Waals surface area contributed by atoms with Crippen LogP contribution in [0.15, 0.2) is 267 Å². The summed E-state index contributed by atoms with van der Waals surface area (Å²) in [6.07, 6.45) is 4.19. The molecule has 1 aromatic heterocycles. The lowest BCUT2D eigenvalue weighted by Crippen LogP contribution is -2.74. The Bertz CT molecular complexity index is 3900. The quantitative estimate of drug-likeness (QED) is 0.0737. The van der Waals surface area contributed by atoms with Crippen molar-refractivity contribution in [3.8, 4) is 11.4 Å². The fourth-order valence-electron chi connectivity index (χ4n) is 12.3. The van der Waals surface area contributed by atoms with Crippen molar-refractivity contribution in [1.29, 1.82) is 0 Å². The van der Waals surface area contributed by atoms with Crippen LogP contribution >= 0.6 is 0 Å². The zero-order valence-electron chi connectivity index (χ0n) is 40.7. The Labute approximate surface area is 428 Å². The van der Waals surface area contributed by atoms with E-state index in [0.717, 1.165) is 46.5 Å². The summed E-state index contributed by atoms with van der Waals surface area (Å²) in [5, 5.41) is 17.9. The average molecular weight is 969 g/mol. The van der Waals surface area contributed by atoms with Crippen molar-refractivity contribution in [2.45, 2.75) is 12.8 Å². The number of benzene rings is 11. The molecule has 0 atom stereocenters. The summed E-state index contributed by atoms with van der Waals surface area (Å²) in [5.74, 6) is 1.79. The van der Waals surface area contributed by atoms with E-state index in [1.807, 2.05) is 0 Å². The molecule has 0 bridgehead atoms. The molecule has 73 heavy (non-hydrogen) atoms. The molecule has 348 valence electrons. The van der Waals surface area contributed by atoms with Crippen molar-refractivity contribution in [3.63, 3.8) is 0 Å². The Morgan fingerprint density at radius 2 is 0.808 bits per heavy atom. The molecule has 0 fully saturated rings. The van der Waals surface area contributed by atoms with E-state index in [-0.39, 0.29) is 0 Å². The second-order valence-electron chi connectivity index (χ2n) is 19.2. The molecule has 0 N–H and O–H groups in total. The maximum atomic E-state index is 6.05. The summed E-state index contributed by atoms with van der Waals surface area (Å²) in [5.41, 5.74) is 4.39. The van der Waals surface area contributed by atoms with E-state index < -0.39 is 16.1 Å². The Kier molecular flexibility index (Phi) is 11.3. The summed E-state index contributed by atoms with van der Waals surface area (Å²) in [4.78, 5) is 6.05. The third-order valence-corrected chi connectivity index (χ3v) is 25.0. The van der Waals surface area contributed by atoms with Crippen LogP contribution in [0.1, 0.15) is 18.7 Å². The number of hydrogen-bond donors (Lipinski definition) is 0. The van der Waals surface area contributed by atoms with Gasteiger partial charge in [0.05, 0.1) is 18.1 Å². The van der Waals surface area contributed by atoms with Crippen LogP contribution in [0.3, 0.4) is 0 Å². The molecule has 0 aliphatic heterocycles. The van der Waals surface area contributed by atoms with Crippen LogP contribution in [0.4, 0.5) is 0 Å². The molecule has 1 heterocycles. The van der Waals surface area contributed by atoms with Crippen LogP contribution in [0, 0.1) is 0 Å². The number of aromatic nitrogens is 2. The molecule has 0 unspecified atom stereocenters. The molecule has 1 aliphatic rings. The molecule has 1 aliphatic carbocycles. The first-order valence-corrected chi connectivity index (χ1v) is 29.4. The minimum atomic E-state index is -2.95. The Morgan fingerprint density at radius 3 is 1.26 bits per heavy atom. The minimum absolute atomic E-state index is 0.815. The molecule has 12 aromatic rings. The van der Waals surface area contributed by atoms with Crippen molar-refractivity contribution < 1.29 is 4.74 Å². The van der Waals surface area contributed by atoms with E-state index in [0.29, 0.717) is 0 Å². The summed E-state index contributed by atoms with van der Waals surface area (Å²) >= 11 is 0. The zero-order chi connectivity index (χ0) is 48.8. The van der Waals surface area contributed by atoms with Gasteiger partial charge in [-0.15, -0.1) is 0 Å². The van der Waals surface area contributed by atoms with Crippen molar-refractivity contribution >= 4 is 102 Å². The fourth-order valence-corrected chi connectivity index (χ4v) is 21.8.